The van der Waals surface area contributed by atoms with E-state index in [0.29, 0.717) is 29.3 Å². The van der Waals surface area contributed by atoms with Crippen LogP contribution in [0.5, 0.6) is 11.5 Å². The topological polar surface area (TPSA) is 77.1 Å². The van der Waals surface area contributed by atoms with E-state index in [1.807, 2.05) is 18.2 Å². The van der Waals surface area contributed by atoms with E-state index in [0.717, 1.165) is 5.56 Å². The van der Waals surface area contributed by atoms with Crippen molar-refractivity contribution in [3.05, 3.63) is 53.6 Å². The normalized spacial score (nSPS) is 12.4. The average molecular weight is 384 g/mol. The number of ether oxygens (including phenoxy) is 3. The fourth-order valence-corrected chi connectivity index (χ4v) is 2.76. The molecule has 0 bridgehead atoms. The summed E-state index contributed by atoms with van der Waals surface area (Å²) < 4.78 is 15.9. The fraction of sp³-hybridized carbons (Fsp3) is 0.333. The zero-order valence-corrected chi connectivity index (χ0v) is 16.4. The summed E-state index contributed by atoms with van der Waals surface area (Å²) in [6.07, 6.45) is -0.564. The molecule has 0 fully saturated rings. The smallest absolute Gasteiger partial charge is 0.412 e. The van der Waals surface area contributed by atoms with Gasteiger partial charge in [0.25, 0.3) is 5.91 Å². The maximum absolute atomic E-state index is 12.8. The Balaban J connectivity index is 1.65. The number of hydrogen-bond donors (Lipinski definition) is 1. The lowest BCUT2D eigenvalue weighted by Crippen LogP contribution is -2.28. The van der Waals surface area contributed by atoms with Crippen molar-refractivity contribution in [1.29, 1.82) is 0 Å². The Bertz CT molecular complexity index is 889. The van der Waals surface area contributed by atoms with Crippen LogP contribution in [-0.2, 0) is 11.3 Å². The molecule has 0 saturated heterocycles. The Hall–Kier alpha value is -3.22. The molecule has 2 amide bonds. The average Bonchev–Trinajstić information content (AvgIpc) is 3.07. The van der Waals surface area contributed by atoms with E-state index in [1.165, 1.54) is 0 Å². The van der Waals surface area contributed by atoms with Crippen LogP contribution < -0.4 is 14.8 Å². The van der Waals surface area contributed by atoms with Gasteiger partial charge in [-0.15, -0.1) is 0 Å². The van der Waals surface area contributed by atoms with Gasteiger partial charge in [0.15, 0.2) is 11.5 Å². The van der Waals surface area contributed by atoms with Gasteiger partial charge in [0.1, 0.15) is 5.60 Å². The standard InChI is InChI=1S/C21H24N2O5/c1-21(2,3)28-20(25)22-16-7-5-6-15(11-16)19(24)23(4)12-14-8-9-17-18(10-14)27-13-26-17/h5-11H,12-13H2,1-4H3,(H,22,25). The fourth-order valence-electron chi connectivity index (χ4n) is 2.76. The third-order valence-electron chi connectivity index (χ3n) is 3.96. The molecule has 0 saturated carbocycles. The van der Waals surface area contributed by atoms with Crippen LogP contribution in [0.4, 0.5) is 10.5 Å². The molecule has 28 heavy (non-hydrogen) atoms. The van der Waals surface area contributed by atoms with Crippen LogP contribution in [0, 0.1) is 0 Å². The molecule has 2 aromatic rings. The predicted octanol–water partition coefficient (Wildman–Crippen LogP) is 4.03. The number of hydrogen-bond acceptors (Lipinski definition) is 5. The minimum atomic E-state index is -0.595. The molecule has 0 radical (unpaired) electrons. The molecule has 0 aliphatic carbocycles. The summed E-state index contributed by atoms with van der Waals surface area (Å²) in [7, 11) is 1.72. The number of amides is 2. The molecule has 0 atom stereocenters. The Kier molecular flexibility index (Phi) is 5.44. The first kappa shape index (κ1) is 19.5. The van der Waals surface area contributed by atoms with Crippen molar-refractivity contribution in [2.75, 3.05) is 19.2 Å². The van der Waals surface area contributed by atoms with E-state index in [2.05, 4.69) is 5.32 Å². The number of nitrogens with one attached hydrogen (secondary N) is 1. The molecule has 148 valence electrons. The molecule has 0 aromatic heterocycles. The van der Waals surface area contributed by atoms with E-state index in [4.69, 9.17) is 14.2 Å². The number of nitrogens with zero attached hydrogens (tertiary/aromatic N) is 1. The number of carbonyl (C=O) groups excluding carboxylic acids is 2. The molecule has 0 unspecified atom stereocenters. The maximum Gasteiger partial charge on any atom is 0.412 e. The van der Waals surface area contributed by atoms with Gasteiger partial charge in [-0.05, 0) is 56.7 Å². The van der Waals surface area contributed by atoms with Crippen molar-refractivity contribution in [1.82, 2.24) is 4.90 Å². The lowest BCUT2D eigenvalue weighted by atomic mass is 10.1. The highest BCUT2D eigenvalue weighted by Gasteiger charge is 2.18. The molecule has 7 heteroatoms. The van der Waals surface area contributed by atoms with Crippen LogP contribution in [0.15, 0.2) is 42.5 Å². The highest BCUT2D eigenvalue weighted by molar-refractivity contribution is 5.96. The minimum absolute atomic E-state index is 0.162. The zero-order chi connectivity index (χ0) is 20.3. The summed E-state index contributed by atoms with van der Waals surface area (Å²) in [5.41, 5.74) is 1.30. The van der Waals surface area contributed by atoms with E-state index < -0.39 is 11.7 Å². The van der Waals surface area contributed by atoms with Crippen LogP contribution in [0.1, 0.15) is 36.7 Å². The van der Waals surface area contributed by atoms with Crippen molar-refractivity contribution in [2.24, 2.45) is 0 Å². The molecule has 1 aliphatic heterocycles. The first-order valence-electron chi connectivity index (χ1n) is 8.95. The second kappa shape index (κ2) is 7.80. The quantitative estimate of drug-likeness (QED) is 0.861. The van der Waals surface area contributed by atoms with Crippen LogP contribution >= 0.6 is 0 Å². The second-order valence-corrected chi connectivity index (χ2v) is 7.56. The van der Waals surface area contributed by atoms with Gasteiger partial charge in [-0.2, -0.15) is 0 Å². The monoisotopic (exact) mass is 384 g/mol. The van der Waals surface area contributed by atoms with Gasteiger partial charge in [-0.1, -0.05) is 12.1 Å². The Morgan fingerprint density at radius 3 is 2.61 bits per heavy atom. The van der Waals surface area contributed by atoms with Crippen LogP contribution in [0.3, 0.4) is 0 Å². The molecular weight excluding hydrogens is 360 g/mol. The maximum atomic E-state index is 12.8. The largest absolute Gasteiger partial charge is 0.454 e. The van der Waals surface area contributed by atoms with Gasteiger partial charge in [0.05, 0.1) is 0 Å². The predicted molar refractivity (Wildman–Crippen MR) is 105 cm³/mol. The van der Waals surface area contributed by atoms with E-state index >= 15 is 0 Å². The van der Waals surface area contributed by atoms with Crippen molar-refractivity contribution in [3.63, 3.8) is 0 Å². The van der Waals surface area contributed by atoms with Gasteiger partial charge in [0.2, 0.25) is 6.79 Å². The zero-order valence-electron chi connectivity index (χ0n) is 16.4. The lowest BCUT2D eigenvalue weighted by Gasteiger charge is -2.20. The van der Waals surface area contributed by atoms with Crippen LogP contribution in [-0.4, -0.2) is 36.3 Å². The number of carbonyl (C=O) groups is 2. The third-order valence-corrected chi connectivity index (χ3v) is 3.96. The second-order valence-electron chi connectivity index (χ2n) is 7.56. The Morgan fingerprint density at radius 2 is 1.86 bits per heavy atom. The van der Waals surface area contributed by atoms with Gasteiger partial charge < -0.3 is 19.1 Å². The Labute approximate surface area is 164 Å². The summed E-state index contributed by atoms with van der Waals surface area (Å²) in [6.45, 7) is 6.00. The first-order valence-corrected chi connectivity index (χ1v) is 8.95. The molecule has 1 heterocycles. The highest BCUT2D eigenvalue weighted by Crippen LogP contribution is 2.32. The molecule has 1 aliphatic rings. The van der Waals surface area contributed by atoms with E-state index in [-0.39, 0.29) is 12.7 Å². The number of rotatable bonds is 4. The summed E-state index contributed by atoms with van der Waals surface area (Å²) in [5, 5.41) is 2.65. The SMILES string of the molecule is CN(Cc1ccc2c(c1)OCO2)C(=O)c1cccc(NC(=O)OC(C)(C)C)c1. The summed E-state index contributed by atoms with van der Waals surface area (Å²) in [6, 6.07) is 12.4. The summed E-state index contributed by atoms with van der Waals surface area (Å²) in [5.74, 6) is 1.23. The number of fused-ring (bicyclic) bond motifs is 1. The van der Waals surface area contributed by atoms with Gasteiger partial charge >= 0.3 is 6.09 Å². The van der Waals surface area contributed by atoms with Crippen LogP contribution in [0.2, 0.25) is 0 Å². The van der Waals surface area contributed by atoms with Crippen molar-refractivity contribution >= 4 is 17.7 Å². The van der Waals surface area contributed by atoms with Crippen molar-refractivity contribution in [3.8, 4) is 11.5 Å². The molecular formula is C21H24N2O5. The molecule has 7 nitrogen and oxygen atoms in total. The number of benzene rings is 2. The Morgan fingerprint density at radius 1 is 1.11 bits per heavy atom. The highest BCUT2D eigenvalue weighted by atomic mass is 16.7. The van der Waals surface area contributed by atoms with Gasteiger partial charge in [-0.3, -0.25) is 10.1 Å². The molecule has 2 aromatic carbocycles. The molecule has 0 spiro atoms. The third kappa shape index (κ3) is 4.94. The summed E-state index contributed by atoms with van der Waals surface area (Å²) >= 11 is 0. The van der Waals surface area contributed by atoms with Crippen molar-refractivity contribution in [2.45, 2.75) is 32.9 Å². The minimum Gasteiger partial charge on any atom is -0.454 e. The van der Waals surface area contributed by atoms with Gasteiger partial charge in [0, 0.05) is 24.8 Å². The van der Waals surface area contributed by atoms with Crippen LogP contribution in [0.25, 0.3) is 0 Å². The molecule has 1 N–H and O–H groups in total. The van der Waals surface area contributed by atoms with Gasteiger partial charge in [-0.25, -0.2) is 4.79 Å². The van der Waals surface area contributed by atoms with Crippen molar-refractivity contribution < 1.29 is 23.8 Å². The summed E-state index contributed by atoms with van der Waals surface area (Å²) in [4.78, 5) is 26.3. The first-order chi connectivity index (χ1) is 13.2. The number of anilines is 1. The lowest BCUT2D eigenvalue weighted by molar-refractivity contribution is 0.0635. The van der Waals surface area contributed by atoms with E-state index in [9.17, 15) is 9.59 Å². The van der Waals surface area contributed by atoms with E-state index in [1.54, 1.807) is 57.0 Å². The molecule has 3 rings (SSSR count).